The molecule has 1 unspecified atom stereocenters. The average molecular weight is 344 g/mol. The van der Waals surface area contributed by atoms with Crippen LogP contribution in [0.15, 0.2) is 59.5 Å². The number of amides is 1. The highest BCUT2D eigenvalue weighted by atomic mass is 16.2. The first-order valence-corrected chi connectivity index (χ1v) is 8.55. The van der Waals surface area contributed by atoms with Crippen LogP contribution in [-0.2, 0) is 17.8 Å². The third kappa shape index (κ3) is 2.15. The number of nitrogens with zero attached hydrogens (tertiary/aromatic N) is 2. The van der Waals surface area contributed by atoms with E-state index in [1.807, 2.05) is 48.7 Å². The predicted octanol–water partition coefficient (Wildman–Crippen LogP) is 2.29. The zero-order valence-electron chi connectivity index (χ0n) is 13.9. The van der Waals surface area contributed by atoms with Crippen molar-refractivity contribution in [2.24, 2.45) is 0 Å². The van der Waals surface area contributed by atoms with Crippen molar-refractivity contribution in [2.45, 2.75) is 19.0 Å². The van der Waals surface area contributed by atoms with E-state index in [-0.39, 0.29) is 18.0 Å². The maximum absolute atomic E-state index is 13.1. The van der Waals surface area contributed by atoms with Crippen LogP contribution in [0.2, 0.25) is 0 Å². The number of benzene rings is 2. The molecule has 0 saturated heterocycles. The average Bonchev–Trinajstić information content (AvgIpc) is 3.07. The van der Waals surface area contributed by atoms with Crippen molar-refractivity contribution >= 4 is 27.7 Å². The zero-order chi connectivity index (χ0) is 17.7. The number of rotatable bonds is 2. The van der Waals surface area contributed by atoms with Crippen molar-refractivity contribution in [3.8, 4) is 0 Å². The molecule has 4 aromatic rings. The number of carbonyl (C=O) groups excluding carboxylic acids is 1. The number of carbonyl (C=O) groups is 1. The van der Waals surface area contributed by atoms with Crippen molar-refractivity contribution in [1.29, 1.82) is 0 Å². The third-order valence-electron chi connectivity index (χ3n) is 5.00. The van der Waals surface area contributed by atoms with Gasteiger partial charge in [0.05, 0.1) is 17.4 Å². The highest BCUT2D eigenvalue weighted by Gasteiger charge is 2.30. The summed E-state index contributed by atoms with van der Waals surface area (Å²) in [4.78, 5) is 33.5. The maximum atomic E-state index is 13.1. The molecule has 2 aromatic carbocycles. The molecule has 1 amide bonds. The van der Waals surface area contributed by atoms with E-state index < -0.39 is 6.04 Å². The Morgan fingerprint density at radius 2 is 1.81 bits per heavy atom. The third-order valence-corrected chi connectivity index (χ3v) is 5.00. The minimum Gasteiger partial charge on any atom is -0.361 e. The van der Waals surface area contributed by atoms with Crippen LogP contribution in [0, 0.1) is 0 Å². The highest BCUT2D eigenvalue weighted by Crippen LogP contribution is 2.25. The van der Waals surface area contributed by atoms with Crippen LogP contribution in [0.4, 0.5) is 0 Å². The lowest BCUT2D eigenvalue weighted by molar-refractivity contribution is -0.125. The Labute approximate surface area is 148 Å². The van der Waals surface area contributed by atoms with E-state index in [9.17, 15) is 9.59 Å². The number of nitrogens with one attached hydrogen (secondary N) is 2. The van der Waals surface area contributed by atoms with Gasteiger partial charge in [0, 0.05) is 23.5 Å². The van der Waals surface area contributed by atoms with Crippen molar-refractivity contribution in [1.82, 2.24) is 19.9 Å². The number of fused-ring (bicyclic) bond motifs is 3. The molecular formula is C20H16N4O2. The number of aromatic amines is 1. The second-order valence-electron chi connectivity index (χ2n) is 6.52. The summed E-state index contributed by atoms with van der Waals surface area (Å²) in [5.41, 5.74) is 2.52. The Bertz CT molecular complexity index is 1220. The molecule has 0 radical (unpaired) electrons. The second-order valence-corrected chi connectivity index (χ2v) is 6.52. The summed E-state index contributed by atoms with van der Waals surface area (Å²) in [6.07, 6.45) is 2.34. The van der Waals surface area contributed by atoms with Gasteiger partial charge in [0.2, 0.25) is 5.91 Å². The van der Waals surface area contributed by atoms with Crippen molar-refractivity contribution < 1.29 is 4.79 Å². The van der Waals surface area contributed by atoms with Gasteiger partial charge in [-0.1, -0.05) is 30.3 Å². The zero-order valence-corrected chi connectivity index (χ0v) is 13.9. The molecule has 128 valence electrons. The van der Waals surface area contributed by atoms with Crippen LogP contribution in [0.3, 0.4) is 0 Å². The van der Waals surface area contributed by atoms with Gasteiger partial charge in [0.1, 0.15) is 11.9 Å². The Hall–Kier alpha value is -3.41. The van der Waals surface area contributed by atoms with Crippen LogP contribution < -0.4 is 10.9 Å². The van der Waals surface area contributed by atoms with E-state index in [1.165, 1.54) is 0 Å². The maximum Gasteiger partial charge on any atom is 0.262 e. The van der Waals surface area contributed by atoms with Crippen LogP contribution >= 0.6 is 0 Å². The molecule has 0 saturated carbocycles. The molecule has 2 N–H and O–H groups in total. The Balaban J connectivity index is 1.68. The first-order valence-electron chi connectivity index (χ1n) is 8.55. The topological polar surface area (TPSA) is 79.8 Å². The lowest BCUT2D eigenvalue weighted by Crippen LogP contribution is -2.45. The lowest BCUT2D eigenvalue weighted by Gasteiger charge is -2.27. The molecule has 6 nitrogen and oxygen atoms in total. The summed E-state index contributed by atoms with van der Waals surface area (Å²) in [5, 5.41) is 4.47. The van der Waals surface area contributed by atoms with Crippen molar-refractivity contribution in [2.75, 3.05) is 0 Å². The molecule has 3 heterocycles. The standard InChI is InChI=1S/C20H16N4O2/c25-19-17(9-12-10-21-15-7-3-1-5-13(12)15)24-18(11-22-19)23-16-8-4-2-6-14(16)20(24)26/h1-8,10,17,21H,9,11H2,(H,22,25). The summed E-state index contributed by atoms with van der Waals surface area (Å²) in [6, 6.07) is 14.6. The van der Waals surface area contributed by atoms with Gasteiger partial charge >= 0.3 is 0 Å². The predicted molar refractivity (Wildman–Crippen MR) is 98.9 cm³/mol. The molecule has 6 heteroatoms. The van der Waals surface area contributed by atoms with Crippen LogP contribution in [0.1, 0.15) is 17.4 Å². The van der Waals surface area contributed by atoms with E-state index in [0.717, 1.165) is 16.5 Å². The Morgan fingerprint density at radius 1 is 1.04 bits per heavy atom. The van der Waals surface area contributed by atoms with Gasteiger partial charge in [-0.05, 0) is 23.8 Å². The van der Waals surface area contributed by atoms with Crippen LogP contribution in [0.25, 0.3) is 21.8 Å². The minimum atomic E-state index is -0.609. The number of hydrogen-bond acceptors (Lipinski definition) is 3. The van der Waals surface area contributed by atoms with Crippen LogP contribution in [0.5, 0.6) is 0 Å². The lowest BCUT2D eigenvalue weighted by atomic mass is 10.0. The molecule has 0 aliphatic carbocycles. The quantitative estimate of drug-likeness (QED) is 0.585. The summed E-state index contributed by atoms with van der Waals surface area (Å²) in [7, 11) is 0. The number of hydrogen-bond donors (Lipinski definition) is 2. The number of H-pyrrole nitrogens is 1. The van der Waals surface area contributed by atoms with Gasteiger partial charge < -0.3 is 10.3 Å². The molecule has 5 rings (SSSR count). The summed E-state index contributed by atoms with van der Waals surface area (Å²) >= 11 is 0. The first-order chi connectivity index (χ1) is 12.7. The Morgan fingerprint density at radius 3 is 2.69 bits per heavy atom. The molecule has 1 aliphatic rings. The fourth-order valence-electron chi connectivity index (χ4n) is 3.73. The summed E-state index contributed by atoms with van der Waals surface area (Å²) < 4.78 is 1.56. The molecule has 0 spiro atoms. The Kier molecular flexibility index (Phi) is 3.18. The normalized spacial score (nSPS) is 16.6. The van der Waals surface area contributed by atoms with Gasteiger partial charge in [0.25, 0.3) is 5.56 Å². The second kappa shape index (κ2) is 5.56. The van der Waals surface area contributed by atoms with Gasteiger partial charge in [-0.3, -0.25) is 14.2 Å². The van der Waals surface area contributed by atoms with Crippen LogP contribution in [-0.4, -0.2) is 20.4 Å². The fourth-order valence-corrected chi connectivity index (χ4v) is 3.73. The van der Waals surface area contributed by atoms with Gasteiger partial charge in [-0.15, -0.1) is 0 Å². The first kappa shape index (κ1) is 14.9. The van der Waals surface area contributed by atoms with Crippen molar-refractivity contribution in [3.63, 3.8) is 0 Å². The molecule has 2 aromatic heterocycles. The monoisotopic (exact) mass is 344 g/mol. The van der Waals surface area contributed by atoms with E-state index in [2.05, 4.69) is 15.3 Å². The summed E-state index contributed by atoms with van der Waals surface area (Å²) in [5.74, 6) is 0.445. The number of aromatic nitrogens is 3. The minimum absolute atomic E-state index is 0.151. The highest BCUT2D eigenvalue weighted by molar-refractivity contribution is 5.86. The van der Waals surface area contributed by atoms with Gasteiger partial charge in [-0.2, -0.15) is 0 Å². The fraction of sp³-hybridized carbons (Fsp3) is 0.150. The SMILES string of the molecule is O=C1NCc2nc3ccccc3c(=O)n2C1Cc1c[nH]c2ccccc12. The van der Waals surface area contributed by atoms with Gasteiger partial charge in [-0.25, -0.2) is 4.98 Å². The molecule has 26 heavy (non-hydrogen) atoms. The van der Waals surface area contributed by atoms with E-state index in [4.69, 9.17) is 0 Å². The molecular weight excluding hydrogens is 328 g/mol. The van der Waals surface area contributed by atoms with E-state index >= 15 is 0 Å². The largest absolute Gasteiger partial charge is 0.361 e. The number of para-hydroxylation sites is 2. The molecule has 1 atom stereocenters. The van der Waals surface area contributed by atoms with Gasteiger partial charge in [0.15, 0.2) is 0 Å². The molecule has 0 bridgehead atoms. The van der Waals surface area contributed by atoms with E-state index in [0.29, 0.717) is 23.1 Å². The summed E-state index contributed by atoms with van der Waals surface area (Å²) in [6.45, 7) is 0.267. The molecule has 0 fully saturated rings. The van der Waals surface area contributed by atoms with Crippen molar-refractivity contribution in [3.05, 3.63) is 76.5 Å². The van der Waals surface area contributed by atoms with E-state index in [1.54, 1.807) is 10.6 Å². The smallest absolute Gasteiger partial charge is 0.262 e. The molecule has 1 aliphatic heterocycles.